The molecule has 140 valence electrons. The van der Waals surface area contributed by atoms with Gasteiger partial charge in [-0.1, -0.05) is 36.0 Å². The van der Waals surface area contributed by atoms with Gasteiger partial charge in [-0.2, -0.15) is 0 Å². The molecule has 0 saturated heterocycles. The number of imide groups is 1. The standard InChI is InChI=1S/C19H20N4O3S/c1-3-20-18(26)22-16(24)11-27-19-21-15-10-13-8-6-5-7-12(13)9-14(15)17(25)23(19)4-2/h5-10H,3-4,11H2,1-2H3,(H2,20,22,24,26). The summed E-state index contributed by atoms with van der Waals surface area (Å²) in [7, 11) is 0. The van der Waals surface area contributed by atoms with E-state index in [0.29, 0.717) is 29.1 Å². The number of aromatic nitrogens is 2. The van der Waals surface area contributed by atoms with Crippen LogP contribution in [0.5, 0.6) is 0 Å². The molecule has 0 fully saturated rings. The van der Waals surface area contributed by atoms with E-state index in [1.165, 1.54) is 0 Å². The maximum atomic E-state index is 12.9. The Morgan fingerprint density at radius 3 is 2.52 bits per heavy atom. The number of hydrogen-bond donors (Lipinski definition) is 2. The van der Waals surface area contributed by atoms with Gasteiger partial charge in [0.05, 0.1) is 16.7 Å². The molecule has 0 aliphatic heterocycles. The van der Waals surface area contributed by atoms with Gasteiger partial charge in [0.1, 0.15) is 0 Å². The monoisotopic (exact) mass is 384 g/mol. The van der Waals surface area contributed by atoms with Crippen molar-refractivity contribution < 1.29 is 9.59 Å². The second-order valence-electron chi connectivity index (χ2n) is 5.86. The Bertz CT molecular complexity index is 1080. The normalized spacial score (nSPS) is 10.9. The number of carbonyl (C=O) groups is 2. The van der Waals surface area contributed by atoms with Crippen LogP contribution in [-0.2, 0) is 11.3 Å². The molecule has 3 amide bonds. The zero-order valence-electron chi connectivity index (χ0n) is 15.1. The summed E-state index contributed by atoms with van der Waals surface area (Å²) in [5.41, 5.74) is 0.454. The van der Waals surface area contributed by atoms with Gasteiger partial charge in [0.25, 0.3) is 5.56 Å². The summed E-state index contributed by atoms with van der Waals surface area (Å²) >= 11 is 1.13. The molecule has 3 rings (SSSR count). The third-order valence-corrected chi connectivity index (χ3v) is 5.00. The summed E-state index contributed by atoms with van der Waals surface area (Å²) in [6.07, 6.45) is 0. The van der Waals surface area contributed by atoms with Gasteiger partial charge < -0.3 is 5.32 Å². The molecule has 1 aromatic heterocycles. The van der Waals surface area contributed by atoms with Crippen LogP contribution in [0.4, 0.5) is 4.79 Å². The Hall–Kier alpha value is -2.87. The zero-order chi connectivity index (χ0) is 19.4. The minimum atomic E-state index is -0.533. The predicted molar refractivity (Wildman–Crippen MR) is 107 cm³/mol. The molecular weight excluding hydrogens is 364 g/mol. The summed E-state index contributed by atoms with van der Waals surface area (Å²) in [5.74, 6) is -0.454. The molecule has 2 N–H and O–H groups in total. The maximum Gasteiger partial charge on any atom is 0.321 e. The molecule has 2 aromatic carbocycles. The van der Waals surface area contributed by atoms with Gasteiger partial charge in [-0.15, -0.1) is 0 Å². The van der Waals surface area contributed by atoms with Crippen molar-refractivity contribution in [1.82, 2.24) is 20.2 Å². The van der Waals surface area contributed by atoms with Crippen LogP contribution in [0.1, 0.15) is 13.8 Å². The first-order valence-corrected chi connectivity index (χ1v) is 9.65. The second-order valence-corrected chi connectivity index (χ2v) is 6.80. The number of nitrogens with one attached hydrogen (secondary N) is 2. The molecule has 8 heteroatoms. The van der Waals surface area contributed by atoms with Crippen molar-refractivity contribution in [2.24, 2.45) is 0 Å². The van der Waals surface area contributed by atoms with E-state index in [9.17, 15) is 14.4 Å². The van der Waals surface area contributed by atoms with E-state index in [4.69, 9.17) is 0 Å². The topological polar surface area (TPSA) is 93.1 Å². The number of urea groups is 1. The largest absolute Gasteiger partial charge is 0.338 e. The minimum absolute atomic E-state index is 0.0112. The molecule has 0 aliphatic rings. The van der Waals surface area contributed by atoms with E-state index in [0.717, 1.165) is 22.5 Å². The van der Waals surface area contributed by atoms with E-state index in [1.54, 1.807) is 11.5 Å². The third-order valence-electron chi connectivity index (χ3n) is 4.03. The molecule has 0 spiro atoms. The van der Waals surface area contributed by atoms with Gasteiger partial charge >= 0.3 is 6.03 Å². The van der Waals surface area contributed by atoms with Crippen LogP contribution in [0.15, 0.2) is 46.3 Å². The van der Waals surface area contributed by atoms with Crippen molar-refractivity contribution in [3.05, 3.63) is 46.8 Å². The molecule has 0 radical (unpaired) electrons. The van der Waals surface area contributed by atoms with E-state index >= 15 is 0 Å². The second kappa shape index (κ2) is 8.22. The molecule has 0 aliphatic carbocycles. The molecule has 0 bridgehead atoms. The van der Waals surface area contributed by atoms with Crippen LogP contribution < -0.4 is 16.2 Å². The smallest absolute Gasteiger partial charge is 0.321 e. The van der Waals surface area contributed by atoms with Crippen molar-refractivity contribution in [3.63, 3.8) is 0 Å². The van der Waals surface area contributed by atoms with Crippen molar-refractivity contribution >= 4 is 45.4 Å². The first-order chi connectivity index (χ1) is 13.0. The summed E-state index contributed by atoms with van der Waals surface area (Å²) in [6.45, 7) is 4.49. The van der Waals surface area contributed by atoms with Crippen LogP contribution in [-0.4, -0.2) is 33.8 Å². The fourth-order valence-corrected chi connectivity index (χ4v) is 3.64. The fraction of sp³-hybridized carbons (Fsp3) is 0.263. The summed E-state index contributed by atoms with van der Waals surface area (Å²) in [6, 6.07) is 11.0. The number of fused-ring (bicyclic) bond motifs is 2. The van der Waals surface area contributed by atoms with Gasteiger partial charge in [0.15, 0.2) is 5.16 Å². The third kappa shape index (κ3) is 4.11. The van der Waals surface area contributed by atoms with E-state index in [1.807, 2.05) is 43.3 Å². The van der Waals surface area contributed by atoms with Gasteiger partial charge in [-0.3, -0.25) is 19.5 Å². The maximum absolute atomic E-state index is 12.9. The number of carbonyl (C=O) groups excluding carboxylic acids is 2. The molecule has 3 aromatic rings. The molecule has 27 heavy (non-hydrogen) atoms. The van der Waals surface area contributed by atoms with Crippen molar-refractivity contribution in [1.29, 1.82) is 0 Å². The van der Waals surface area contributed by atoms with E-state index in [2.05, 4.69) is 15.6 Å². The Labute approximate surface area is 160 Å². The van der Waals surface area contributed by atoms with Gasteiger partial charge in [-0.25, -0.2) is 9.78 Å². The lowest BCUT2D eigenvalue weighted by atomic mass is 10.1. The first-order valence-electron chi connectivity index (χ1n) is 8.67. The van der Waals surface area contributed by atoms with Crippen molar-refractivity contribution in [2.75, 3.05) is 12.3 Å². The van der Waals surface area contributed by atoms with Crippen LogP contribution in [0.25, 0.3) is 21.7 Å². The number of nitrogens with zero attached hydrogens (tertiary/aromatic N) is 2. The molecule has 7 nitrogen and oxygen atoms in total. The van der Waals surface area contributed by atoms with Crippen LogP contribution in [0.2, 0.25) is 0 Å². The lowest BCUT2D eigenvalue weighted by Gasteiger charge is -2.12. The van der Waals surface area contributed by atoms with Crippen molar-refractivity contribution in [3.8, 4) is 0 Å². The Morgan fingerprint density at radius 1 is 1.15 bits per heavy atom. The van der Waals surface area contributed by atoms with Crippen LogP contribution in [0.3, 0.4) is 0 Å². The quantitative estimate of drug-likeness (QED) is 0.401. The van der Waals surface area contributed by atoms with Gasteiger partial charge in [-0.05, 0) is 36.8 Å². The lowest BCUT2D eigenvalue weighted by molar-refractivity contribution is -0.117. The average molecular weight is 384 g/mol. The first kappa shape index (κ1) is 18.9. The summed E-state index contributed by atoms with van der Waals surface area (Å²) < 4.78 is 1.54. The Balaban J connectivity index is 1.92. The Morgan fingerprint density at radius 2 is 1.85 bits per heavy atom. The highest BCUT2D eigenvalue weighted by molar-refractivity contribution is 7.99. The van der Waals surface area contributed by atoms with Gasteiger partial charge in [0.2, 0.25) is 5.91 Å². The predicted octanol–water partition coefficient (Wildman–Crippen LogP) is 2.51. The summed E-state index contributed by atoms with van der Waals surface area (Å²) in [5, 5.41) is 7.72. The summed E-state index contributed by atoms with van der Waals surface area (Å²) in [4.78, 5) is 40.8. The highest BCUT2D eigenvalue weighted by Gasteiger charge is 2.14. The highest BCUT2D eigenvalue weighted by Crippen LogP contribution is 2.22. The SMILES string of the molecule is CCNC(=O)NC(=O)CSc1nc2cc3ccccc3cc2c(=O)n1CC. The lowest BCUT2D eigenvalue weighted by Crippen LogP contribution is -2.40. The van der Waals surface area contributed by atoms with Gasteiger partial charge in [0, 0.05) is 13.1 Å². The number of thioether (sulfide) groups is 1. The Kier molecular flexibility index (Phi) is 5.75. The highest BCUT2D eigenvalue weighted by atomic mass is 32.2. The molecule has 1 heterocycles. The molecule has 0 saturated carbocycles. The van der Waals surface area contributed by atoms with Crippen LogP contribution in [0, 0.1) is 0 Å². The average Bonchev–Trinajstić information content (AvgIpc) is 2.65. The number of amides is 3. The minimum Gasteiger partial charge on any atom is -0.338 e. The number of rotatable bonds is 5. The number of benzene rings is 2. The molecule has 0 unspecified atom stereocenters. The van der Waals surface area contributed by atoms with E-state index < -0.39 is 11.9 Å². The zero-order valence-corrected chi connectivity index (χ0v) is 15.9. The van der Waals surface area contributed by atoms with Crippen LogP contribution >= 0.6 is 11.8 Å². The van der Waals surface area contributed by atoms with E-state index in [-0.39, 0.29) is 11.3 Å². The molecule has 0 atom stereocenters. The fourth-order valence-electron chi connectivity index (χ4n) is 2.77. The molecular formula is C19H20N4O3S. The van der Waals surface area contributed by atoms with Crippen molar-refractivity contribution in [2.45, 2.75) is 25.5 Å². The number of hydrogen-bond acceptors (Lipinski definition) is 5.